The summed E-state index contributed by atoms with van der Waals surface area (Å²) in [5.74, 6) is -0.589. The fourth-order valence-corrected chi connectivity index (χ4v) is 3.15. The van der Waals surface area contributed by atoms with Crippen LogP contribution in [-0.2, 0) is 22.6 Å². The van der Waals surface area contributed by atoms with Crippen molar-refractivity contribution in [3.05, 3.63) is 30.4 Å². The Hall–Kier alpha value is -2.75. The summed E-state index contributed by atoms with van der Waals surface area (Å²) in [6, 6.07) is 1.32. The number of aliphatic hydroxyl groups excluding tert-OH is 1. The van der Waals surface area contributed by atoms with Crippen molar-refractivity contribution < 1.29 is 14.7 Å². The molecule has 0 aliphatic heterocycles. The maximum Gasteiger partial charge on any atom is 0.226 e. The van der Waals surface area contributed by atoms with Crippen LogP contribution in [0.2, 0.25) is 0 Å². The SMILES string of the molecule is O=C(Cc1ccn[nH]1)N[C@@H]1C[C@H](C(=O)NCCCn2ccnn2)C[C@H]1O. The van der Waals surface area contributed by atoms with Gasteiger partial charge in [0.2, 0.25) is 11.8 Å². The van der Waals surface area contributed by atoms with Gasteiger partial charge in [0, 0.05) is 37.1 Å². The standard InChI is InChI=1S/C16H23N7O3/c24-14-9-11(16(26)17-3-1-6-23-7-5-19-22-23)8-13(14)20-15(25)10-12-2-4-18-21-12/h2,4-5,7,11,13-14,24H,1,3,6,8-10H2,(H,17,26)(H,18,21)(H,20,25)/t11-,13+,14+/m0/s1. The van der Waals surface area contributed by atoms with E-state index in [2.05, 4.69) is 31.1 Å². The van der Waals surface area contributed by atoms with E-state index < -0.39 is 12.1 Å². The molecule has 1 fully saturated rings. The van der Waals surface area contributed by atoms with E-state index in [1.807, 2.05) is 0 Å². The quantitative estimate of drug-likeness (QED) is 0.445. The Kier molecular flexibility index (Phi) is 5.95. The summed E-state index contributed by atoms with van der Waals surface area (Å²) in [6.45, 7) is 1.21. The van der Waals surface area contributed by atoms with Crippen LogP contribution in [-0.4, -0.2) is 60.8 Å². The van der Waals surface area contributed by atoms with Gasteiger partial charge < -0.3 is 15.7 Å². The molecule has 0 spiro atoms. The molecule has 0 bridgehead atoms. The molecule has 0 aromatic carbocycles. The molecule has 3 atom stereocenters. The highest BCUT2D eigenvalue weighted by molar-refractivity contribution is 5.80. The zero-order valence-electron chi connectivity index (χ0n) is 14.3. The molecule has 2 aromatic rings. The van der Waals surface area contributed by atoms with Gasteiger partial charge >= 0.3 is 0 Å². The van der Waals surface area contributed by atoms with Crippen molar-refractivity contribution in [2.45, 2.75) is 44.4 Å². The highest BCUT2D eigenvalue weighted by Crippen LogP contribution is 2.26. The van der Waals surface area contributed by atoms with Crippen LogP contribution < -0.4 is 10.6 Å². The number of H-pyrrole nitrogens is 1. The average Bonchev–Trinajstić information content (AvgIpc) is 3.35. The summed E-state index contributed by atoms with van der Waals surface area (Å²) in [4.78, 5) is 24.3. The molecule has 0 saturated heterocycles. The molecule has 4 N–H and O–H groups in total. The summed E-state index contributed by atoms with van der Waals surface area (Å²) >= 11 is 0. The number of nitrogens with one attached hydrogen (secondary N) is 3. The maximum atomic E-state index is 12.3. The lowest BCUT2D eigenvalue weighted by molar-refractivity contribution is -0.125. The zero-order chi connectivity index (χ0) is 18.4. The number of carbonyl (C=O) groups is 2. The van der Waals surface area contributed by atoms with Crippen LogP contribution in [0.5, 0.6) is 0 Å². The van der Waals surface area contributed by atoms with E-state index in [9.17, 15) is 14.7 Å². The normalized spacial score (nSPS) is 22.3. The number of hydrogen-bond donors (Lipinski definition) is 4. The molecule has 26 heavy (non-hydrogen) atoms. The van der Waals surface area contributed by atoms with Crippen molar-refractivity contribution in [1.29, 1.82) is 0 Å². The number of aryl methyl sites for hydroxylation is 1. The predicted molar refractivity (Wildman–Crippen MR) is 90.6 cm³/mol. The number of amides is 2. The molecule has 0 radical (unpaired) electrons. The molecule has 2 heterocycles. The summed E-state index contributed by atoms with van der Waals surface area (Å²) < 4.78 is 1.71. The topological polar surface area (TPSA) is 138 Å². The number of aliphatic hydroxyl groups is 1. The highest BCUT2D eigenvalue weighted by atomic mass is 16.3. The van der Waals surface area contributed by atoms with Gasteiger partial charge in [-0.3, -0.25) is 19.4 Å². The molecule has 10 heteroatoms. The minimum absolute atomic E-state index is 0.0899. The van der Waals surface area contributed by atoms with E-state index in [1.54, 1.807) is 29.3 Å². The van der Waals surface area contributed by atoms with Crippen LogP contribution in [0.15, 0.2) is 24.7 Å². The minimum Gasteiger partial charge on any atom is -0.391 e. The molecule has 2 aromatic heterocycles. The van der Waals surface area contributed by atoms with E-state index in [1.165, 1.54) is 0 Å². The van der Waals surface area contributed by atoms with Crippen LogP contribution in [0.1, 0.15) is 25.0 Å². The lowest BCUT2D eigenvalue weighted by Gasteiger charge is -2.16. The van der Waals surface area contributed by atoms with E-state index in [0.29, 0.717) is 31.6 Å². The largest absolute Gasteiger partial charge is 0.391 e. The smallest absolute Gasteiger partial charge is 0.226 e. The van der Waals surface area contributed by atoms with Gasteiger partial charge in [0.15, 0.2) is 0 Å². The van der Waals surface area contributed by atoms with Gasteiger partial charge in [0.05, 0.1) is 24.8 Å². The Morgan fingerprint density at radius 2 is 2.23 bits per heavy atom. The lowest BCUT2D eigenvalue weighted by Crippen LogP contribution is -2.40. The van der Waals surface area contributed by atoms with E-state index in [-0.39, 0.29) is 24.2 Å². The second kappa shape index (κ2) is 8.56. The fraction of sp³-hybridized carbons (Fsp3) is 0.562. The molecule has 1 saturated carbocycles. The Bertz CT molecular complexity index is 702. The first-order valence-corrected chi connectivity index (χ1v) is 8.69. The number of nitrogens with zero attached hydrogens (tertiary/aromatic N) is 4. The summed E-state index contributed by atoms with van der Waals surface area (Å²) in [5, 5.41) is 29.9. The first-order chi connectivity index (χ1) is 12.6. The fourth-order valence-electron chi connectivity index (χ4n) is 3.15. The maximum absolute atomic E-state index is 12.3. The number of aromatic nitrogens is 5. The van der Waals surface area contributed by atoms with Crippen LogP contribution in [0.3, 0.4) is 0 Å². The van der Waals surface area contributed by atoms with Crippen LogP contribution in [0.25, 0.3) is 0 Å². The molecule has 1 aliphatic rings. The Morgan fingerprint density at radius 1 is 1.35 bits per heavy atom. The van der Waals surface area contributed by atoms with Gasteiger partial charge in [-0.1, -0.05) is 5.21 Å². The second-order valence-corrected chi connectivity index (χ2v) is 6.48. The van der Waals surface area contributed by atoms with Gasteiger partial charge in [0.1, 0.15) is 0 Å². The third-order valence-corrected chi connectivity index (χ3v) is 4.49. The van der Waals surface area contributed by atoms with Gasteiger partial charge in [-0.2, -0.15) is 5.10 Å². The molecule has 10 nitrogen and oxygen atoms in total. The van der Waals surface area contributed by atoms with Gasteiger partial charge in [-0.25, -0.2) is 0 Å². The number of carbonyl (C=O) groups excluding carboxylic acids is 2. The first kappa shape index (κ1) is 18.1. The summed E-state index contributed by atoms with van der Waals surface area (Å²) in [6.07, 6.45) is 5.94. The van der Waals surface area contributed by atoms with Crippen molar-refractivity contribution >= 4 is 11.8 Å². The van der Waals surface area contributed by atoms with Crippen LogP contribution in [0.4, 0.5) is 0 Å². The van der Waals surface area contributed by atoms with Crippen molar-refractivity contribution in [3.63, 3.8) is 0 Å². The van der Waals surface area contributed by atoms with Gasteiger partial charge in [0.25, 0.3) is 0 Å². The number of aromatic amines is 1. The molecule has 3 rings (SSSR count). The minimum atomic E-state index is -0.716. The van der Waals surface area contributed by atoms with E-state index in [0.717, 1.165) is 6.42 Å². The summed E-state index contributed by atoms with van der Waals surface area (Å²) in [7, 11) is 0. The van der Waals surface area contributed by atoms with E-state index in [4.69, 9.17) is 0 Å². The van der Waals surface area contributed by atoms with Crippen molar-refractivity contribution in [3.8, 4) is 0 Å². The molecular weight excluding hydrogens is 338 g/mol. The third kappa shape index (κ3) is 4.88. The van der Waals surface area contributed by atoms with E-state index >= 15 is 0 Å². The molecule has 1 aliphatic carbocycles. The average molecular weight is 361 g/mol. The first-order valence-electron chi connectivity index (χ1n) is 8.69. The van der Waals surface area contributed by atoms with Crippen molar-refractivity contribution in [1.82, 2.24) is 35.8 Å². The predicted octanol–water partition coefficient (Wildman–Crippen LogP) is -0.994. The van der Waals surface area contributed by atoms with Crippen molar-refractivity contribution in [2.24, 2.45) is 5.92 Å². The lowest BCUT2D eigenvalue weighted by atomic mass is 10.1. The van der Waals surface area contributed by atoms with Gasteiger partial charge in [-0.15, -0.1) is 5.10 Å². The van der Waals surface area contributed by atoms with Crippen LogP contribution >= 0.6 is 0 Å². The Balaban J connectivity index is 1.38. The molecular formula is C16H23N7O3. The van der Waals surface area contributed by atoms with Crippen LogP contribution in [0, 0.1) is 5.92 Å². The third-order valence-electron chi connectivity index (χ3n) is 4.49. The summed E-state index contributed by atoms with van der Waals surface area (Å²) in [5.41, 5.74) is 0.705. The number of rotatable bonds is 8. The van der Waals surface area contributed by atoms with Gasteiger partial charge in [-0.05, 0) is 25.3 Å². The molecule has 2 amide bonds. The number of hydrogen-bond acceptors (Lipinski definition) is 6. The zero-order valence-corrected chi connectivity index (χ0v) is 14.3. The second-order valence-electron chi connectivity index (χ2n) is 6.48. The molecule has 0 unspecified atom stereocenters. The van der Waals surface area contributed by atoms with Crippen molar-refractivity contribution in [2.75, 3.05) is 6.54 Å². The Labute approximate surface area is 150 Å². The molecule has 140 valence electrons. The monoisotopic (exact) mass is 361 g/mol. The highest BCUT2D eigenvalue weighted by Gasteiger charge is 2.37. The Morgan fingerprint density at radius 3 is 2.96 bits per heavy atom.